The maximum absolute atomic E-state index is 12.2. The second-order valence-electron chi connectivity index (χ2n) is 5.47. The Kier molecular flexibility index (Phi) is 4.32. The number of hydrogen-bond acceptors (Lipinski definition) is 2. The molecular formula is C16H22N2O2. The number of methoxy groups -OCH3 is 1. The number of rotatable bonds is 5. The third kappa shape index (κ3) is 2.95. The van der Waals surface area contributed by atoms with Crippen LogP contribution in [0.4, 0.5) is 0 Å². The minimum absolute atomic E-state index is 0.0432. The number of aryl methyl sites for hydroxylation is 1. The van der Waals surface area contributed by atoms with Crippen molar-refractivity contribution in [3.8, 4) is 5.75 Å². The molecule has 4 nitrogen and oxygen atoms in total. The average Bonchev–Trinajstić information content (AvgIpc) is 2.75. The molecule has 2 aromatic rings. The summed E-state index contributed by atoms with van der Waals surface area (Å²) in [5, 5.41) is 3.99. The Hall–Kier alpha value is -1.97. The average molecular weight is 274 g/mol. The third-order valence-corrected chi connectivity index (χ3v) is 3.50. The zero-order valence-electron chi connectivity index (χ0n) is 12.5. The van der Waals surface area contributed by atoms with Gasteiger partial charge in [0.1, 0.15) is 11.4 Å². The summed E-state index contributed by atoms with van der Waals surface area (Å²) >= 11 is 0. The van der Waals surface area contributed by atoms with E-state index in [1.54, 1.807) is 7.11 Å². The lowest BCUT2D eigenvalue weighted by molar-refractivity contribution is 0.0947. The molecule has 0 saturated carbocycles. The first-order chi connectivity index (χ1) is 9.52. The van der Waals surface area contributed by atoms with E-state index in [4.69, 9.17) is 4.74 Å². The highest BCUT2D eigenvalue weighted by atomic mass is 16.5. The molecule has 0 atom stereocenters. The fraction of sp³-hybridized carbons (Fsp3) is 0.438. The number of H-pyrrole nitrogens is 1. The van der Waals surface area contributed by atoms with Gasteiger partial charge in [0.05, 0.1) is 7.11 Å². The number of carbonyl (C=O) groups is 1. The van der Waals surface area contributed by atoms with Crippen LogP contribution in [-0.2, 0) is 0 Å². The van der Waals surface area contributed by atoms with Crippen LogP contribution in [-0.4, -0.2) is 24.5 Å². The van der Waals surface area contributed by atoms with E-state index in [2.05, 4.69) is 24.1 Å². The first-order valence-electron chi connectivity index (χ1n) is 6.97. The number of ether oxygens (including phenoxy) is 1. The van der Waals surface area contributed by atoms with Gasteiger partial charge in [0, 0.05) is 17.4 Å². The smallest absolute Gasteiger partial charge is 0.268 e. The lowest BCUT2D eigenvalue weighted by Gasteiger charge is -2.06. The van der Waals surface area contributed by atoms with Crippen molar-refractivity contribution in [2.75, 3.05) is 13.7 Å². The summed E-state index contributed by atoms with van der Waals surface area (Å²) in [6.07, 6.45) is 0.985. The van der Waals surface area contributed by atoms with Gasteiger partial charge in [-0.15, -0.1) is 0 Å². The van der Waals surface area contributed by atoms with Crippen LogP contribution in [0.25, 0.3) is 10.9 Å². The first kappa shape index (κ1) is 14.4. The molecule has 0 saturated heterocycles. The zero-order chi connectivity index (χ0) is 14.7. The summed E-state index contributed by atoms with van der Waals surface area (Å²) in [5.41, 5.74) is 2.55. The van der Waals surface area contributed by atoms with E-state index < -0.39 is 0 Å². The molecule has 4 heteroatoms. The van der Waals surface area contributed by atoms with Gasteiger partial charge in [0.25, 0.3) is 5.91 Å². The highest BCUT2D eigenvalue weighted by Gasteiger charge is 2.14. The molecule has 20 heavy (non-hydrogen) atoms. The molecule has 0 aliphatic rings. The Morgan fingerprint density at radius 3 is 2.80 bits per heavy atom. The molecular weight excluding hydrogens is 252 g/mol. The van der Waals surface area contributed by atoms with E-state index in [0.29, 0.717) is 18.2 Å². The standard InChI is InChI=1S/C16H22N2O2/c1-10(2)7-8-17-16(19)15-11(3)13-9-12(20-4)5-6-14(13)18-15/h5-6,9-10,18H,7-8H2,1-4H3,(H,17,19). The number of aromatic nitrogens is 1. The van der Waals surface area contributed by atoms with Crippen molar-refractivity contribution in [2.24, 2.45) is 5.92 Å². The van der Waals surface area contributed by atoms with Gasteiger partial charge < -0.3 is 15.0 Å². The summed E-state index contributed by atoms with van der Waals surface area (Å²) < 4.78 is 5.22. The van der Waals surface area contributed by atoms with E-state index in [0.717, 1.165) is 28.6 Å². The lowest BCUT2D eigenvalue weighted by Crippen LogP contribution is -2.26. The third-order valence-electron chi connectivity index (χ3n) is 3.50. The van der Waals surface area contributed by atoms with Gasteiger partial charge in [-0.2, -0.15) is 0 Å². The molecule has 1 heterocycles. The molecule has 0 spiro atoms. The Morgan fingerprint density at radius 2 is 2.15 bits per heavy atom. The van der Waals surface area contributed by atoms with Crippen molar-refractivity contribution < 1.29 is 9.53 Å². The second kappa shape index (κ2) is 5.99. The maximum Gasteiger partial charge on any atom is 0.268 e. The molecule has 0 unspecified atom stereocenters. The SMILES string of the molecule is COc1ccc2[nH]c(C(=O)NCCC(C)C)c(C)c2c1. The summed E-state index contributed by atoms with van der Waals surface area (Å²) in [6.45, 7) is 6.95. The number of carbonyl (C=O) groups excluding carboxylic acids is 1. The van der Waals surface area contributed by atoms with Crippen molar-refractivity contribution in [3.63, 3.8) is 0 Å². The van der Waals surface area contributed by atoms with Crippen molar-refractivity contribution >= 4 is 16.8 Å². The highest BCUT2D eigenvalue weighted by molar-refractivity contribution is 6.01. The normalized spacial score (nSPS) is 11.1. The van der Waals surface area contributed by atoms with E-state index in [1.165, 1.54) is 0 Å². The molecule has 2 rings (SSSR count). The Balaban J connectivity index is 2.21. The fourth-order valence-electron chi connectivity index (χ4n) is 2.22. The Bertz CT molecular complexity index is 614. The van der Waals surface area contributed by atoms with Crippen LogP contribution in [0, 0.1) is 12.8 Å². The quantitative estimate of drug-likeness (QED) is 0.879. The summed E-state index contributed by atoms with van der Waals surface area (Å²) in [7, 11) is 1.64. The minimum atomic E-state index is -0.0432. The number of hydrogen-bond donors (Lipinski definition) is 2. The van der Waals surface area contributed by atoms with Crippen molar-refractivity contribution in [1.82, 2.24) is 10.3 Å². The van der Waals surface area contributed by atoms with E-state index >= 15 is 0 Å². The van der Waals surface area contributed by atoms with Gasteiger partial charge >= 0.3 is 0 Å². The molecule has 108 valence electrons. The van der Waals surface area contributed by atoms with Crippen molar-refractivity contribution in [3.05, 3.63) is 29.5 Å². The largest absolute Gasteiger partial charge is 0.497 e. The van der Waals surface area contributed by atoms with Crippen LogP contribution < -0.4 is 10.1 Å². The van der Waals surface area contributed by atoms with E-state index in [1.807, 2.05) is 25.1 Å². The number of aromatic amines is 1. The minimum Gasteiger partial charge on any atom is -0.497 e. The maximum atomic E-state index is 12.2. The van der Waals surface area contributed by atoms with Crippen LogP contribution in [0.1, 0.15) is 36.3 Å². The number of benzene rings is 1. The van der Waals surface area contributed by atoms with Crippen LogP contribution in [0.2, 0.25) is 0 Å². The molecule has 0 fully saturated rings. The topological polar surface area (TPSA) is 54.1 Å². The molecule has 1 aromatic heterocycles. The molecule has 0 radical (unpaired) electrons. The molecule has 0 aliphatic heterocycles. The highest BCUT2D eigenvalue weighted by Crippen LogP contribution is 2.25. The molecule has 1 amide bonds. The number of fused-ring (bicyclic) bond motifs is 1. The van der Waals surface area contributed by atoms with Gasteiger partial charge in [-0.05, 0) is 43.0 Å². The summed E-state index contributed by atoms with van der Waals surface area (Å²) in [4.78, 5) is 15.4. The van der Waals surface area contributed by atoms with E-state index in [9.17, 15) is 4.79 Å². The van der Waals surface area contributed by atoms with Crippen LogP contribution in [0.5, 0.6) is 5.75 Å². The lowest BCUT2D eigenvalue weighted by atomic mass is 10.1. The van der Waals surface area contributed by atoms with Crippen molar-refractivity contribution in [1.29, 1.82) is 0 Å². The molecule has 2 N–H and O–H groups in total. The Labute approximate surface area is 119 Å². The van der Waals surface area contributed by atoms with Crippen LogP contribution in [0.3, 0.4) is 0 Å². The molecule has 0 bridgehead atoms. The Morgan fingerprint density at radius 1 is 1.40 bits per heavy atom. The second-order valence-corrected chi connectivity index (χ2v) is 5.47. The van der Waals surface area contributed by atoms with Gasteiger partial charge in [-0.1, -0.05) is 13.8 Å². The summed E-state index contributed by atoms with van der Waals surface area (Å²) in [5.74, 6) is 1.34. The van der Waals surface area contributed by atoms with Gasteiger partial charge in [-0.3, -0.25) is 4.79 Å². The van der Waals surface area contributed by atoms with Crippen LogP contribution >= 0.6 is 0 Å². The van der Waals surface area contributed by atoms with Gasteiger partial charge in [-0.25, -0.2) is 0 Å². The predicted molar refractivity (Wildman–Crippen MR) is 81.4 cm³/mol. The molecule has 1 aromatic carbocycles. The zero-order valence-corrected chi connectivity index (χ0v) is 12.5. The number of nitrogens with one attached hydrogen (secondary N) is 2. The first-order valence-corrected chi connectivity index (χ1v) is 6.97. The van der Waals surface area contributed by atoms with Crippen LogP contribution in [0.15, 0.2) is 18.2 Å². The van der Waals surface area contributed by atoms with Crippen molar-refractivity contribution in [2.45, 2.75) is 27.2 Å². The fourth-order valence-corrected chi connectivity index (χ4v) is 2.22. The predicted octanol–water partition coefficient (Wildman–Crippen LogP) is 3.26. The summed E-state index contributed by atoms with van der Waals surface area (Å²) in [6, 6.07) is 5.77. The van der Waals surface area contributed by atoms with E-state index in [-0.39, 0.29) is 5.91 Å². The molecule has 0 aliphatic carbocycles. The number of amides is 1. The van der Waals surface area contributed by atoms with Gasteiger partial charge in [0.15, 0.2) is 0 Å². The monoisotopic (exact) mass is 274 g/mol. The van der Waals surface area contributed by atoms with Gasteiger partial charge in [0.2, 0.25) is 0 Å².